The van der Waals surface area contributed by atoms with E-state index in [0.717, 1.165) is 31.2 Å². The van der Waals surface area contributed by atoms with Crippen molar-refractivity contribution in [2.45, 2.75) is 38.3 Å². The topological polar surface area (TPSA) is 115 Å². The lowest BCUT2D eigenvalue weighted by molar-refractivity contribution is -0.384. The van der Waals surface area contributed by atoms with Crippen molar-refractivity contribution in [2.75, 3.05) is 12.3 Å². The number of carbonyl (C=O) groups excluding carboxylic acids is 1. The van der Waals surface area contributed by atoms with Crippen molar-refractivity contribution >= 4 is 17.3 Å². The lowest BCUT2D eigenvalue weighted by Gasteiger charge is -2.27. The summed E-state index contributed by atoms with van der Waals surface area (Å²) in [6, 6.07) is 5.07. The van der Waals surface area contributed by atoms with Crippen LogP contribution in [0.5, 0.6) is 0 Å². The van der Waals surface area contributed by atoms with Crippen molar-refractivity contribution in [1.29, 1.82) is 0 Å². The summed E-state index contributed by atoms with van der Waals surface area (Å²) in [7, 11) is 0. The summed E-state index contributed by atoms with van der Waals surface area (Å²) in [6.07, 6.45) is 4.35. The highest BCUT2D eigenvalue weighted by atomic mass is 16.6. The molecule has 1 aliphatic carbocycles. The Balaban J connectivity index is 2.17. The fourth-order valence-electron chi connectivity index (χ4n) is 2.86. The number of nitro benzene ring substituents is 1. The van der Waals surface area contributed by atoms with Crippen LogP contribution in [0.4, 0.5) is 11.4 Å². The molecule has 0 radical (unpaired) electrons. The number of benzene rings is 1. The van der Waals surface area contributed by atoms with Gasteiger partial charge in [-0.15, -0.1) is 0 Å². The van der Waals surface area contributed by atoms with Crippen molar-refractivity contribution in [3.63, 3.8) is 0 Å². The monoisotopic (exact) mass is 292 g/mol. The Hall–Kier alpha value is -2.15. The maximum atomic E-state index is 11.2. The van der Waals surface area contributed by atoms with E-state index in [-0.39, 0.29) is 23.8 Å². The Labute approximate surface area is 123 Å². The van der Waals surface area contributed by atoms with Crippen molar-refractivity contribution < 1.29 is 9.72 Å². The number of nitrogens with two attached hydrogens (primary N) is 2. The van der Waals surface area contributed by atoms with Crippen LogP contribution in [0, 0.1) is 10.1 Å². The average molecular weight is 292 g/mol. The third-order valence-electron chi connectivity index (χ3n) is 3.88. The molecule has 0 aliphatic heterocycles. The van der Waals surface area contributed by atoms with Gasteiger partial charge in [0, 0.05) is 18.7 Å². The van der Waals surface area contributed by atoms with Crippen LogP contribution in [0.2, 0.25) is 0 Å². The summed E-state index contributed by atoms with van der Waals surface area (Å²) >= 11 is 0. The number of hydrogen-bond acceptors (Lipinski definition) is 5. The van der Waals surface area contributed by atoms with Crippen LogP contribution in [-0.4, -0.2) is 28.3 Å². The molecule has 21 heavy (non-hydrogen) atoms. The summed E-state index contributed by atoms with van der Waals surface area (Å²) in [5.41, 5.74) is 11.7. The molecular weight excluding hydrogens is 272 g/mol. The van der Waals surface area contributed by atoms with Gasteiger partial charge < -0.3 is 11.5 Å². The van der Waals surface area contributed by atoms with E-state index in [4.69, 9.17) is 11.5 Å². The van der Waals surface area contributed by atoms with Gasteiger partial charge in [0.2, 0.25) is 5.91 Å². The molecular formula is C14H20N4O3. The molecule has 1 aromatic rings. The number of nitro groups is 1. The smallest absolute Gasteiger partial charge is 0.292 e. The number of amides is 1. The first-order valence-corrected chi connectivity index (χ1v) is 7.02. The second-order valence-electron chi connectivity index (χ2n) is 5.46. The number of anilines is 1. The van der Waals surface area contributed by atoms with Gasteiger partial charge in [-0.05, 0) is 24.5 Å². The molecule has 1 aliphatic rings. The summed E-state index contributed by atoms with van der Waals surface area (Å²) in [6.45, 7) is 0.636. The average Bonchev–Trinajstić information content (AvgIpc) is 2.93. The first-order chi connectivity index (χ1) is 9.97. The number of rotatable bonds is 6. The van der Waals surface area contributed by atoms with Crippen LogP contribution in [0.1, 0.15) is 31.2 Å². The molecule has 0 atom stereocenters. The van der Waals surface area contributed by atoms with Crippen LogP contribution >= 0.6 is 0 Å². The van der Waals surface area contributed by atoms with E-state index in [2.05, 4.69) is 0 Å². The molecule has 1 fully saturated rings. The zero-order valence-electron chi connectivity index (χ0n) is 11.8. The minimum atomic E-state index is -0.493. The van der Waals surface area contributed by atoms with Crippen molar-refractivity contribution in [2.24, 2.45) is 5.73 Å². The Morgan fingerprint density at radius 1 is 1.38 bits per heavy atom. The second-order valence-corrected chi connectivity index (χ2v) is 5.46. The molecule has 2 rings (SSSR count). The number of hydrogen-bond donors (Lipinski definition) is 2. The highest BCUT2D eigenvalue weighted by Gasteiger charge is 2.24. The first kappa shape index (κ1) is 15.2. The Morgan fingerprint density at radius 3 is 2.62 bits per heavy atom. The molecule has 4 N–H and O–H groups in total. The van der Waals surface area contributed by atoms with Crippen molar-refractivity contribution in [1.82, 2.24) is 4.90 Å². The Kier molecular flexibility index (Phi) is 4.74. The molecule has 1 aromatic carbocycles. The molecule has 7 nitrogen and oxygen atoms in total. The predicted molar refractivity (Wildman–Crippen MR) is 79.4 cm³/mol. The van der Waals surface area contributed by atoms with Gasteiger partial charge in [-0.1, -0.05) is 18.9 Å². The SMILES string of the molecule is NC(=O)CN(Cc1ccc(N)c([N+](=O)[O-])c1)C1CCCC1. The first-order valence-electron chi connectivity index (χ1n) is 7.02. The van der Waals surface area contributed by atoms with Crippen LogP contribution < -0.4 is 11.5 Å². The number of carbonyl (C=O) groups is 1. The molecule has 1 saturated carbocycles. The zero-order chi connectivity index (χ0) is 15.4. The molecule has 0 saturated heterocycles. The highest BCUT2D eigenvalue weighted by molar-refractivity contribution is 5.76. The molecule has 0 spiro atoms. The van der Waals surface area contributed by atoms with Gasteiger partial charge in [0.15, 0.2) is 0 Å². The van der Waals surface area contributed by atoms with E-state index >= 15 is 0 Å². The molecule has 0 unspecified atom stereocenters. The van der Waals surface area contributed by atoms with Crippen LogP contribution in [-0.2, 0) is 11.3 Å². The van der Waals surface area contributed by atoms with E-state index in [1.54, 1.807) is 6.07 Å². The zero-order valence-corrected chi connectivity index (χ0v) is 11.8. The normalized spacial score (nSPS) is 15.5. The Morgan fingerprint density at radius 2 is 2.05 bits per heavy atom. The van der Waals surface area contributed by atoms with Crippen molar-refractivity contribution in [3.05, 3.63) is 33.9 Å². The third-order valence-corrected chi connectivity index (χ3v) is 3.88. The maximum Gasteiger partial charge on any atom is 0.292 e. The van der Waals surface area contributed by atoms with Crippen LogP contribution in [0.3, 0.4) is 0 Å². The standard InChI is InChI=1S/C14H20N4O3/c15-12-6-5-10(7-13(12)18(20)21)8-17(9-14(16)19)11-3-1-2-4-11/h5-7,11H,1-4,8-9,15H2,(H2,16,19). The molecule has 7 heteroatoms. The molecule has 0 aromatic heterocycles. The van der Waals surface area contributed by atoms with Gasteiger partial charge in [0.25, 0.3) is 5.69 Å². The van der Waals surface area contributed by atoms with Gasteiger partial charge in [0.1, 0.15) is 5.69 Å². The molecule has 0 bridgehead atoms. The maximum absolute atomic E-state index is 11.2. The van der Waals surface area contributed by atoms with E-state index < -0.39 is 4.92 Å². The lowest BCUT2D eigenvalue weighted by Crippen LogP contribution is -2.39. The predicted octanol–water partition coefficient (Wildman–Crippen LogP) is 1.41. The number of nitrogen functional groups attached to an aromatic ring is 1. The van der Waals surface area contributed by atoms with Gasteiger partial charge in [-0.2, -0.15) is 0 Å². The lowest BCUT2D eigenvalue weighted by atomic mass is 10.1. The Bertz CT molecular complexity index is 541. The fourth-order valence-corrected chi connectivity index (χ4v) is 2.86. The summed E-state index contributed by atoms with van der Waals surface area (Å²) < 4.78 is 0. The quantitative estimate of drug-likeness (QED) is 0.467. The van der Waals surface area contributed by atoms with Gasteiger partial charge in [-0.25, -0.2) is 0 Å². The van der Waals surface area contributed by atoms with E-state index in [0.29, 0.717) is 12.6 Å². The number of primary amides is 1. The molecule has 1 amide bonds. The van der Waals surface area contributed by atoms with Crippen LogP contribution in [0.25, 0.3) is 0 Å². The fraction of sp³-hybridized carbons (Fsp3) is 0.500. The van der Waals surface area contributed by atoms with Gasteiger partial charge in [-0.3, -0.25) is 19.8 Å². The highest BCUT2D eigenvalue weighted by Crippen LogP contribution is 2.27. The summed E-state index contributed by atoms with van der Waals surface area (Å²) in [4.78, 5) is 23.7. The van der Waals surface area contributed by atoms with Gasteiger partial charge in [0.05, 0.1) is 11.5 Å². The van der Waals surface area contributed by atoms with E-state index in [9.17, 15) is 14.9 Å². The van der Waals surface area contributed by atoms with E-state index in [1.807, 2.05) is 4.90 Å². The largest absolute Gasteiger partial charge is 0.393 e. The van der Waals surface area contributed by atoms with Gasteiger partial charge >= 0.3 is 0 Å². The third kappa shape index (κ3) is 3.91. The summed E-state index contributed by atoms with van der Waals surface area (Å²) in [5.74, 6) is -0.383. The van der Waals surface area contributed by atoms with E-state index in [1.165, 1.54) is 12.1 Å². The molecule has 0 heterocycles. The minimum absolute atomic E-state index is 0.0991. The number of nitrogens with zero attached hydrogens (tertiary/aromatic N) is 2. The van der Waals surface area contributed by atoms with Crippen LogP contribution in [0.15, 0.2) is 18.2 Å². The van der Waals surface area contributed by atoms with Crippen molar-refractivity contribution in [3.8, 4) is 0 Å². The molecule has 114 valence electrons. The minimum Gasteiger partial charge on any atom is -0.393 e. The summed E-state index contributed by atoms with van der Waals surface area (Å²) in [5, 5.41) is 10.9. The second kappa shape index (κ2) is 6.53.